The summed E-state index contributed by atoms with van der Waals surface area (Å²) in [5.74, 6) is -0.425. The summed E-state index contributed by atoms with van der Waals surface area (Å²) in [5, 5.41) is 19.4. The number of tetrazole rings is 1. The van der Waals surface area contributed by atoms with Gasteiger partial charge in [-0.25, -0.2) is 13.6 Å². The second kappa shape index (κ2) is 8.81. The summed E-state index contributed by atoms with van der Waals surface area (Å²) in [6.45, 7) is 1.94. The van der Waals surface area contributed by atoms with Gasteiger partial charge in [-0.3, -0.25) is 4.79 Å². The number of para-hydroxylation sites is 1. The summed E-state index contributed by atoms with van der Waals surface area (Å²) in [6, 6.07) is 17.2. The molecule has 10 nitrogen and oxygen atoms in total. The van der Waals surface area contributed by atoms with Crippen molar-refractivity contribution in [2.45, 2.75) is 11.8 Å². The molecule has 0 unspecified atom stereocenters. The number of carbonyl (C=O) groups excluding carboxylic acids is 1. The van der Waals surface area contributed by atoms with E-state index in [2.05, 4.69) is 20.8 Å². The van der Waals surface area contributed by atoms with Gasteiger partial charge in [0.15, 0.2) is 0 Å². The molecule has 0 aliphatic carbocycles. The number of ether oxygens (including phenoxy) is 1. The van der Waals surface area contributed by atoms with E-state index >= 15 is 0 Å². The zero-order chi connectivity index (χ0) is 23.6. The monoisotopic (exact) mass is 464 g/mol. The molecule has 0 spiro atoms. The maximum absolute atomic E-state index is 12.7. The fourth-order valence-corrected chi connectivity index (χ4v) is 4.14. The normalized spacial score (nSPS) is 11.2. The number of hydrogen-bond acceptors (Lipinski definition) is 7. The molecule has 3 aromatic carbocycles. The minimum absolute atomic E-state index is 0.00381. The van der Waals surface area contributed by atoms with Crippen LogP contribution >= 0.6 is 0 Å². The van der Waals surface area contributed by atoms with E-state index < -0.39 is 15.9 Å². The largest absolute Gasteiger partial charge is 0.495 e. The third kappa shape index (κ3) is 4.59. The van der Waals surface area contributed by atoms with Crippen LogP contribution in [0.2, 0.25) is 0 Å². The Bertz CT molecular complexity index is 1440. The van der Waals surface area contributed by atoms with Crippen molar-refractivity contribution in [2.75, 3.05) is 12.4 Å². The van der Waals surface area contributed by atoms with Crippen LogP contribution in [-0.4, -0.2) is 41.6 Å². The Morgan fingerprint density at radius 3 is 2.52 bits per heavy atom. The molecule has 33 heavy (non-hydrogen) atoms. The number of primary sulfonamides is 1. The molecule has 0 saturated carbocycles. The smallest absolute Gasteiger partial charge is 0.255 e. The highest BCUT2D eigenvalue weighted by Crippen LogP contribution is 2.31. The molecule has 1 heterocycles. The van der Waals surface area contributed by atoms with Gasteiger partial charge in [0, 0.05) is 16.8 Å². The minimum Gasteiger partial charge on any atom is -0.495 e. The van der Waals surface area contributed by atoms with Gasteiger partial charge in [0.2, 0.25) is 10.0 Å². The molecule has 0 aliphatic heterocycles. The number of nitrogens with zero attached hydrogens (tertiary/aromatic N) is 4. The molecule has 0 fully saturated rings. The summed E-state index contributed by atoms with van der Waals surface area (Å²) in [5.41, 5.74) is 4.45. The van der Waals surface area contributed by atoms with E-state index in [0.29, 0.717) is 5.69 Å². The van der Waals surface area contributed by atoms with Crippen LogP contribution < -0.4 is 15.2 Å². The number of anilines is 1. The third-order valence-electron chi connectivity index (χ3n) is 5.01. The third-order valence-corrected chi connectivity index (χ3v) is 5.96. The van der Waals surface area contributed by atoms with Gasteiger partial charge in [-0.1, -0.05) is 24.3 Å². The number of methoxy groups -OCH3 is 1. The lowest BCUT2D eigenvalue weighted by atomic mass is 9.98. The highest BCUT2D eigenvalue weighted by atomic mass is 32.2. The Labute approximate surface area is 190 Å². The maximum Gasteiger partial charge on any atom is 0.255 e. The van der Waals surface area contributed by atoms with Crippen molar-refractivity contribution in [3.8, 4) is 22.6 Å². The summed E-state index contributed by atoms with van der Waals surface area (Å²) in [7, 11) is -2.67. The van der Waals surface area contributed by atoms with Crippen molar-refractivity contribution in [1.29, 1.82) is 0 Å². The van der Waals surface area contributed by atoms with Crippen molar-refractivity contribution < 1.29 is 17.9 Å². The molecule has 4 rings (SSSR count). The maximum atomic E-state index is 12.7. The fraction of sp³-hybridized carbons (Fsp3) is 0.0909. The predicted molar refractivity (Wildman–Crippen MR) is 122 cm³/mol. The number of aromatic nitrogens is 4. The summed E-state index contributed by atoms with van der Waals surface area (Å²) in [6.07, 6.45) is 1.53. The van der Waals surface area contributed by atoms with Crippen LogP contribution in [0.1, 0.15) is 15.9 Å². The number of carbonyl (C=O) groups is 1. The van der Waals surface area contributed by atoms with E-state index in [1.54, 1.807) is 10.7 Å². The second-order valence-corrected chi connectivity index (χ2v) is 8.70. The molecule has 3 N–H and O–H groups in total. The molecule has 11 heteroatoms. The first-order valence-electron chi connectivity index (χ1n) is 9.73. The number of amides is 1. The van der Waals surface area contributed by atoms with Gasteiger partial charge in [-0.15, -0.1) is 5.10 Å². The van der Waals surface area contributed by atoms with Crippen molar-refractivity contribution in [3.05, 3.63) is 78.1 Å². The zero-order valence-electron chi connectivity index (χ0n) is 17.8. The number of benzene rings is 3. The highest BCUT2D eigenvalue weighted by Gasteiger charge is 2.18. The predicted octanol–water partition coefficient (Wildman–Crippen LogP) is 2.55. The molecular weight excluding hydrogens is 444 g/mol. The average Bonchev–Trinajstić information content (AvgIpc) is 3.33. The van der Waals surface area contributed by atoms with Crippen molar-refractivity contribution in [2.24, 2.45) is 5.14 Å². The van der Waals surface area contributed by atoms with Crippen LogP contribution in [-0.2, 0) is 10.0 Å². The molecule has 1 aromatic heterocycles. The number of hydrogen-bond donors (Lipinski definition) is 2. The molecular formula is C22H20N6O4S. The molecule has 0 radical (unpaired) electrons. The second-order valence-electron chi connectivity index (χ2n) is 7.17. The lowest BCUT2D eigenvalue weighted by Crippen LogP contribution is -2.16. The fourth-order valence-electron chi connectivity index (χ4n) is 3.46. The molecule has 0 bridgehead atoms. The van der Waals surface area contributed by atoms with Crippen molar-refractivity contribution in [3.63, 3.8) is 0 Å². The standard InChI is InChI=1S/C22H20N6O4S/c1-14-11-16(25-22(29)15-7-10-21(33(23,30)31)20(12-15)32-2)8-9-17(14)18-5-3-4-6-19(18)28-13-24-26-27-28/h3-13H,1-2H3,(H,25,29)(H2,23,30,31). The lowest BCUT2D eigenvalue weighted by molar-refractivity contribution is 0.102. The Balaban J connectivity index is 1.61. The number of nitrogens with two attached hydrogens (primary N) is 1. The molecule has 168 valence electrons. The average molecular weight is 465 g/mol. The quantitative estimate of drug-likeness (QED) is 0.446. The molecule has 0 saturated heterocycles. The van der Waals surface area contributed by atoms with Crippen LogP contribution in [0.15, 0.2) is 71.9 Å². The lowest BCUT2D eigenvalue weighted by Gasteiger charge is -2.14. The van der Waals surface area contributed by atoms with E-state index in [-0.39, 0.29) is 16.2 Å². The highest BCUT2D eigenvalue weighted by molar-refractivity contribution is 7.89. The summed E-state index contributed by atoms with van der Waals surface area (Å²) >= 11 is 0. The van der Waals surface area contributed by atoms with Gasteiger partial charge in [0.05, 0.1) is 12.8 Å². The van der Waals surface area contributed by atoms with Gasteiger partial charge in [-0.05, 0) is 64.9 Å². The molecule has 0 aliphatic rings. The van der Waals surface area contributed by atoms with Crippen molar-refractivity contribution >= 4 is 21.6 Å². The van der Waals surface area contributed by atoms with Gasteiger partial charge < -0.3 is 10.1 Å². The van der Waals surface area contributed by atoms with Crippen molar-refractivity contribution in [1.82, 2.24) is 20.2 Å². The van der Waals surface area contributed by atoms with E-state index in [4.69, 9.17) is 9.88 Å². The first-order chi connectivity index (χ1) is 15.8. The van der Waals surface area contributed by atoms with E-state index in [1.165, 1.54) is 31.6 Å². The van der Waals surface area contributed by atoms with Crippen LogP contribution in [0.3, 0.4) is 0 Å². The molecule has 4 aromatic rings. The Morgan fingerprint density at radius 1 is 1.06 bits per heavy atom. The Hall–Kier alpha value is -4.09. The van der Waals surface area contributed by atoms with Crippen LogP contribution in [0.4, 0.5) is 5.69 Å². The van der Waals surface area contributed by atoms with Crippen LogP contribution in [0.25, 0.3) is 16.8 Å². The van der Waals surface area contributed by atoms with Gasteiger partial charge in [-0.2, -0.15) is 4.68 Å². The van der Waals surface area contributed by atoms with E-state index in [1.807, 2.05) is 43.3 Å². The van der Waals surface area contributed by atoms with E-state index in [0.717, 1.165) is 22.4 Å². The molecule has 0 atom stereocenters. The van der Waals surface area contributed by atoms with Gasteiger partial charge in [0.25, 0.3) is 5.91 Å². The van der Waals surface area contributed by atoms with Gasteiger partial charge >= 0.3 is 0 Å². The SMILES string of the molecule is COc1cc(C(=O)Nc2ccc(-c3ccccc3-n3cnnn3)c(C)c2)ccc1S(N)(=O)=O. The first-order valence-corrected chi connectivity index (χ1v) is 11.3. The zero-order valence-corrected chi connectivity index (χ0v) is 18.6. The number of nitrogens with one attached hydrogen (secondary N) is 1. The number of sulfonamides is 1. The van der Waals surface area contributed by atoms with Crippen LogP contribution in [0, 0.1) is 6.92 Å². The number of rotatable bonds is 6. The van der Waals surface area contributed by atoms with Gasteiger partial charge in [0.1, 0.15) is 17.0 Å². The topological polar surface area (TPSA) is 142 Å². The minimum atomic E-state index is -3.97. The van der Waals surface area contributed by atoms with E-state index in [9.17, 15) is 13.2 Å². The van der Waals surface area contributed by atoms with Crippen LogP contribution in [0.5, 0.6) is 5.75 Å². The molecule has 1 amide bonds. The summed E-state index contributed by atoms with van der Waals surface area (Å²) < 4.78 is 30.0. The Morgan fingerprint density at radius 2 is 1.85 bits per heavy atom. The summed E-state index contributed by atoms with van der Waals surface area (Å²) in [4.78, 5) is 12.6. The first kappa shape index (κ1) is 22.1. The Kier molecular flexibility index (Phi) is 5.90. The number of aryl methyl sites for hydroxylation is 1.